The van der Waals surface area contributed by atoms with Crippen LogP contribution in [0.25, 0.3) is 0 Å². The van der Waals surface area contributed by atoms with Crippen LogP contribution < -0.4 is 10.0 Å². The van der Waals surface area contributed by atoms with E-state index in [1.165, 1.54) is 0 Å². The Morgan fingerprint density at radius 1 is 1.07 bits per heavy atom. The maximum absolute atomic E-state index is 12.5. The number of aromatic nitrogens is 2. The summed E-state index contributed by atoms with van der Waals surface area (Å²) in [6.45, 7) is 3.65. The minimum Gasteiger partial charge on any atom is -0.296 e. The topological polar surface area (TPSA) is 101 Å². The van der Waals surface area contributed by atoms with Crippen molar-refractivity contribution in [2.24, 2.45) is 0 Å². The monoisotopic (exact) mass is 422 g/mol. The van der Waals surface area contributed by atoms with Gasteiger partial charge in [-0.15, -0.1) is 10.2 Å². The standard InChI is InChI=1S/C17H15ClN4O3S2/c1-10-3-5-12(6-4-10)15(23)19-16-20-21-17(26-16)27(24,25)22-14-8-7-13(18)9-11(14)2/h3-9,22H,1-2H3,(H,19,20,23). The Morgan fingerprint density at radius 2 is 1.78 bits per heavy atom. The highest BCUT2D eigenvalue weighted by molar-refractivity contribution is 7.94. The minimum absolute atomic E-state index is 0.0915. The molecule has 2 aromatic carbocycles. The highest BCUT2D eigenvalue weighted by atomic mass is 35.5. The number of nitrogens with zero attached hydrogens (tertiary/aromatic N) is 2. The summed E-state index contributed by atoms with van der Waals surface area (Å²) in [4.78, 5) is 12.2. The number of nitrogens with one attached hydrogen (secondary N) is 2. The van der Waals surface area contributed by atoms with E-state index < -0.39 is 15.9 Å². The van der Waals surface area contributed by atoms with Crippen LogP contribution in [0.1, 0.15) is 21.5 Å². The lowest BCUT2D eigenvalue weighted by atomic mass is 10.1. The Bertz CT molecular complexity index is 1100. The van der Waals surface area contributed by atoms with Gasteiger partial charge >= 0.3 is 0 Å². The van der Waals surface area contributed by atoms with Crippen molar-refractivity contribution in [3.63, 3.8) is 0 Å². The molecular weight excluding hydrogens is 408 g/mol. The molecular formula is C17H15ClN4O3S2. The number of benzene rings is 2. The molecule has 10 heteroatoms. The molecule has 7 nitrogen and oxygen atoms in total. The number of hydrogen-bond acceptors (Lipinski definition) is 6. The highest BCUT2D eigenvalue weighted by Crippen LogP contribution is 2.26. The molecule has 0 bridgehead atoms. The van der Waals surface area contributed by atoms with Gasteiger partial charge < -0.3 is 0 Å². The van der Waals surface area contributed by atoms with E-state index in [0.29, 0.717) is 21.8 Å². The van der Waals surface area contributed by atoms with Gasteiger partial charge in [0.05, 0.1) is 5.69 Å². The van der Waals surface area contributed by atoms with E-state index >= 15 is 0 Å². The second-order valence-electron chi connectivity index (χ2n) is 5.76. The molecule has 0 saturated heterocycles. The van der Waals surface area contributed by atoms with Crippen molar-refractivity contribution in [1.29, 1.82) is 0 Å². The SMILES string of the molecule is Cc1ccc(C(=O)Nc2nnc(S(=O)(=O)Nc3ccc(Cl)cc3C)s2)cc1. The zero-order chi connectivity index (χ0) is 19.6. The Balaban J connectivity index is 1.75. The number of aryl methyl sites for hydroxylation is 2. The molecule has 3 rings (SSSR count). The maximum atomic E-state index is 12.5. The molecule has 1 heterocycles. The number of hydrogen-bond donors (Lipinski definition) is 2. The van der Waals surface area contributed by atoms with Gasteiger partial charge in [-0.2, -0.15) is 8.42 Å². The maximum Gasteiger partial charge on any atom is 0.291 e. The molecule has 0 aliphatic heterocycles. The van der Waals surface area contributed by atoms with Crippen LogP contribution in [-0.4, -0.2) is 24.5 Å². The number of amides is 1. The third-order valence-electron chi connectivity index (χ3n) is 3.60. The van der Waals surface area contributed by atoms with Crippen LogP contribution >= 0.6 is 22.9 Å². The summed E-state index contributed by atoms with van der Waals surface area (Å²) in [5.74, 6) is -0.392. The molecule has 0 spiro atoms. The van der Waals surface area contributed by atoms with Crippen molar-refractivity contribution < 1.29 is 13.2 Å². The Hall–Kier alpha value is -2.49. The van der Waals surface area contributed by atoms with Crippen molar-refractivity contribution in [3.8, 4) is 0 Å². The molecule has 0 saturated carbocycles. The smallest absolute Gasteiger partial charge is 0.291 e. The van der Waals surface area contributed by atoms with Crippen LogP contribution in [0.15, 0.2) is 46.8 Å². The zero-order valence-electron chi connectivity index (χ0n) is 14.4. The Labute approximate surface area is 165 Å². The van der Waals surface area contributed by atoms with Gasteiger partial charge in [0.1, 0.15) is 0 Å². The summed E-state index contributed by atoms with van der Waals surface area (Å²) in [6.07, 6.45) is 0. The van der Waals surface area contributed by atoms with Gasteiger partial charge in [0.2, 0.25) is 5.13 Å². The summed E-state index contributed by atoms with van der Waals surface area (Å²) in [5.41, 5.74) is 2.53. The van der Waals surface area contributed by atoms with Crippen LogP contribution in [0.4, 0.5) is 10.8 Å². The lowest BCUT2D eigenvalue weighted by Gasteiger charge is -2.08. The quantitative estimate of drug-likeness (QED) is 0.608. The van der Waals surface area contributed by atoms with E-state index in [2.05, 4.69) is 20.2 Å². The fourth-order valence-electron chi connectivity index (χ4n) is 2.17. The first-order chi connectivity index (χ1) is 12.7. The Kier molecular flexibility index (Phi) is 5.45. The van der Waals surface area contributed by atoms with Crippen molar-refractivity contribution >= 4 is 49.7 Å². The molecule has 3 aromatic rings. The lowest BCUT2D eigenvalue weighted by Crippen LogP contribution is -2.13. The molecule has 1 aromatic heterocycles. The lowest BCUT2D eigenvalue weighted by molar-refractivity contribution is 0.102. The van der Waals surface area contributed by atoms with E-state index in [9.17, 15) is 13.2 Å². The van der Waals surface area contributed by atoms with Crippen molar-refractivity contribution in [2.45, 2.75) is 18.2 Å². The van der Waals surface area contributed by atoms with Crippen LogP contribution in [0.2, 0.25) is 5.02 Å². The number of sulfonamides is 1. The normalized spacial score (nSPS) is 11.2. The third-order valence-corrected chi connectivity index (χ3v) is 6.41. The van der Waals surface area contributed by atoms with Crippen molar-refractivity contribution in [2.75, 3.05) is 10.0 Å². The second-order valence-corrected chi connectivity index (χ2v) is 9.03. The van der Waals surface area contributed by atoms with Gasteiger partial charge in [0.25, 0.3) is 20.3 Å². The number of anilines is 2. The second kappa shape index (κ2) is 7.63. The van der Waals surface area contributed by atoms with Gasteiger partial charge in [0.15, 0.2) is 0 Å². The summed E-state index contributed by atoms with van der Waals surface area (Å²) >= 11 is 6.64. The molecule has 0 unspecified atom stereocenters. The Morgan fingerprint density at radius 3 is 2.44 bits per heavy atom. The summed E-state index contributed by atoms with van der Waals surface area (Å²) in [6, 6.07) is 11.8. The van der Waals surface area contributed by atoms with Crippen LogP contribution in [0.5, 0.6) is 0 Å². The molecule has 27 heavy (non-hydrogen) atoms. The van der Waals surface area contributed by atoms with Gasteiger partial charge in [0, 0.05) is 10.6 Å². The fraction of sp³-hybridized carbons (Fsp3) is 0.118. The van der Waals surface area contributed by atoms with Crippen molar-refractivity contribution in [1.82, 2.24) is 10.2 Å². The van der Waals surface area contributed by atoms with E-state index in [-0.39, 0.29) is 9.47 Å². The molecule has 0 aliphatic rings. The average Bonchev–Trinajstić information content (AvgIpc) is 3.07. The summed E-state index contributed by atoms with van der Waals surface area (Å²) < 4.78 is 27.2. The first-order valence-corrected chi connectivity index (χ1v) is 10.4. The largest absolute Gasteiger partial charge is 0.296 e. The highest BCUT2D eigenvalue weighted by Gasteiger charge is 2.22. The molecule has 0 fully saturated rings. The molecule has 2 N–H and O–H groups in total. The van der Waals surface area contributed by atoms with E-state index in [0.717, 1.165) is 16.9 Å². The first kappa shape index (κ1) is 19.3. The zero-order valence-corrected chi connectivity index (χ0v) is 16.7. The molecule has 1 amide bonds. The van der Waals surface area contributed by atoms with Gasteiger partial charge in [-0.05, 0) is 49.7 Å². The molecule has 0 radical (unpaired) electrons. The van der Waals surface area contributed by atoms with Crippen LogP contribution in [-0.2, 0) is 10.0 Å². The average molecular weight is 423 g/mol. The minimum atomic E-state index is -3.93. The molecule has 0 aliphatic carbocycles. The number of carbonyl (C=O) groups excluding carboxylic acids is 1. The number of carbonyl (C=O) groups is 1. The van der Waals surface area contributed by atoms with Gasteiger partial charge in [-0.3, -0.25) is 14.8 Å². The van der Waals surface area contributed by atoms with E-state index in [1.54, 1.807) is 37.3 Å². The van der Waals surface area contributed by atoms with Gasteiger partial charge in [-0.1, -0.05) is 40.6 Å². The third kappa shape index (κ3) is 4.62. The van der Waals surface area contributed by atoms with E-state index in [1.807, 2.05) is 19.1 Å². The van der Waals surface area contributed by atoms with Crippen molar-refractivity contribution in [3.05, 3.63) is 64.2 Å². The van der Waals surface area contributed by atoms with Crippen LogP contribution in [0, 0.1) is 13.8 Å². The summed E-state index contributed by atoms with van der Waals surface area (Å²) in [5, 5.41) is 10.6. The first-order valence-electron chi connectivity index (χ1n) is 7.75. The summed E-state index contributed by atoms with van der Waals surface area (Å²) in [7, 11) is -3.93. The van der Waals surface area contributed by atoms with Crippen LogP contribution in [0.3, 0.4) is 0 Å². The molecule has 140 valence electrons. The van der Waals surface area contributed by atoms with Gasteiger partial charge in [-0.25, -0.2) is 0 Å². The number of halogens is 1. The fourth-order valence-corrected chi connectivity index (χ4v) is 4.43. The van der Waals surface area contributed by atoms with E-state index in [4.69, 9.17) is 11.6 Å². The predicted molar refractivity (Wildman–Crippen MR) is 106 cm³/mol. The molecule has 0 atom stereocenters. The predicted octanol–water partition coefficient (Wildman–Crippen LogP) is 3.86. The number of rotatable bonds is 5.